The molecule has 0 spiro atoms. The Kier molecular flexibility index (Phi) is 5.67. The summed E-state index contributed by atoms with van der Waals surface area (Å²) in [6, 6.07) is 2.02. The summed E-state index contributed by atoms with van der Waals surface area (Å²) < 4.78 is 9.91. The fourth-order valence-corrected chi connectivity index (χ4v) is 5.74. The number of rotatable bonds is 5. The first kappa shape index (κ1) is 21.3. The van der Waals surface area contributed by atoms with Crippen molar-refractivity contribution in [1.29, 1.82) is 0 Å². The lowest BCUT2D eigenvalue weighted by Crippen LogP contribution is -2.14. The highest BCUT2D eigenvalue weighted by Gasteiger charge is 2.28. The first-order valence-electron chi connectivity index (χ1n) is 9.76. The number of nitrogens with two attached hydrogens (primary N) is 1. The average molecular weight is 460 g/mol. The third-order valence-corrected chi connectivity index (χ3v) is 7.48. The van der Waals surface area contributed by atoms with Gasteiger partial charge < -0.3 is 20.5 Å². The molecule has 0 bridgehead atoms. The van der Waals surface area contributed by atoms with Gasteiger partial charge in [-0.15, -0.1) is 22.7 Å². The van der Waals surface area contributed by atoms with Crippen LogP contribution in [0.4, 0.5) is 10.7 Å². The summed E-state index contributed by atoms with van der Waals surface area (Å²) in [4.78, 5) is 43.6. The van der Waals surface area contributed by atoms with Gasteiger partial charge >= 0.3 is 11.9 Å². The lowest BCUT2D eigenvalue weighted by atomic mass is 10.1. The molecule has 0 aromatic carbocycles. The van der Waals surface area contributed by atoms with Crippen LogP contribution in [0.1, 0.15) is 59.9 Å². The van der Waals surface area contributed by atoms with Gasteiger partial charge in [0.2, 0.25) is 0 Å². The molecule has 3 aromatic rings. The van der Waals surface area contributed by atoms with Crippen LogP contribution < -0.4 is 11.1 Å². The van der Waals surface area contributed by atoms with Gasteiger partial charge in [0, 0.05) is 11.1 Å². The van der Waals surface area contributed by atoms with Crippen LogP contribution in [0.2, 0.25) is 0 Å². The van der Waals surface area contributed by atoms with Crippen LogP contribution in [0, 0.1) is 6.92 Å². The number of amides is 1. The largest absolute Gasteiger partial charge is 0.465 e. The molecule has 31 heavy (non-hydrogen) atoms. The Balaban J connectivity index is 1.71. The van der Waals surface area contributed by atoms with E-state index in [-0.39, 0.29) is 22.0 Å². The van der Waals surface area contributed by atoms with E-state index >= 15 is 0 Å². The SMILES string of the molecule is CCOC(=O)c1sc(NC(=O)c2sc3nc4c(cc3c2N)CCC4)c(C(=O)OC)c1C. The minimum atomic E-state index is -0.651. The van der Waals surface area contributed by atoms with E-state index < -0.39 is 17.8 Å². The normalized spacial score (nSPS) is 12.6. The van der Waals surface area contributed by atoms with Gasteiger partial charge in [-0.2, -0.15) is 0 Å². The Labute approximate surface area is 186 Å². The Morgan fingerprint density at radius 1 is 1.19 bits per heavy atom. The van der Waals surface area contributed by atoms with Crippen molar-refractivity contribution in [2.75, 3.05) is 24.8 Å². The van der Waals surface area contributed by atoms with Gasteiger partial charge in [-0.25, -0.2) is 14.6 Å². The number of anilines is 2. The Hall–Kier alpha value is -2.98. The van der Waals surface area contributed by atoms with E-state index in [1.807, 2.05) is 6.07 Å². The first-order chi connectivity index (χ1) is 14.8. The van der Waals surface area contributed by atoms with Gasteiger partial charge in [0.05, 0.1) is 25.0 Å². The predicted molar refractivity (Wildman–Crippen MR) is 120 cm³/mol. The number of nitrogens with zero attached hydrogens (tertiary/aromatic N) is 1. The molecule has 0 aliphatic heterocycles. The molecule has 162 valence electrons. The number of pyridine rings is 1. The zero-order chi connectivity index (χ0) is 22.3. The highest BCUT2D eigenvalue weighted by atomic mass is 32.1. The molecule has 0 saturated heterocycles. The van der Waals surface area contributed by atoms with E-state index in [0.717, 1.165) is 41.7 Å². The molecule has 1 amide bonds. The van der Waals surface area contributed by atoms with Gasteiger partial charge in [0.25, 0.3) is 5.91 Å². The van der Waals surface area contributed by atoms with Crippen LogP contribution in [0.15, 0.2) is 6.07 Å². The van der Waals surface area contributed by atoms with Crippen molar-refractivity contribution in [3.63, 3.8) is 0 Å². The number of thiophene rings is 2. The second-order valence-electron chi connectivity index (χ2n) is 7.07. The van der Waals surface area contributed by atoms with Gasteiger partial charge in [0.1, 0.15) is 19.6 Å². The molecular formula is C21H21N3O5S2. The number of carbonyl (C=O) groups is 3. The second-order valence-corrected chi connectivity index (χ2v) is 9.09. The highest BCUT2D eigenvalue weighted by Crippen LogP contribution is 2.38. The smallest absolute Gasteiger partial charge is 0.348 e. The number of nitrogens with one attached hydrogen (secondary N) is 1. The van der Waals surface area contributed by atoms with E-state index in [0.29, 0.717) is 21.0 Å². The summed E-state index contributed by atoms with van der Waals surface area (Å²) in [5.74, 6) is -1.68. The molecule has 0 atom stereocenters. The number of hydrogen-bond donors (Lipinski definition) is 2. The summed E-state index contributed by atoms with van der Waals surface area (Å²) >= 11 is 2.18. The van der Waals surface area contributed by atoms with Crippen molar-refractivity contribution >= 4 is 61.4 Å². The fraction of sp³-hybridized carbons (Fsp3) is 0.333. The molecular weight excluding hydrogens is 438 g/mol. The number of aromatic nitrogens is 1. The number of aryl methyl sites for hydroxylation is 2. The lowest BCUT2D eigenvalue weighted by Gasteiger charge is -2.05. The maximum absolute atomic E-state index is 13.1. The van der Waals surface area contributed by atoms with Crippen LogP contribution >= 0.6 is 22.7 Å². The molecule has 0 fully saturated rings. The highest BCUT2D eigenvalue weighted by molar-refractivity contribution is 7.21. The van der Waals surface area contributed by atoms with Crippen LogP contribution in [-0.2, 0) is 22.3 Å². The second kappa shape index (κ2) is 8.27. The predicted octanol–water partition coefficient (Wildman–Crippen LogP) is 3.95. The summed E-state index contributed by atoms with van der Waals surface area (Å²) in [5.41, 5.74) is 9.39. The quantitative estimate of drug-likeness (QED) is 0.554. The van der Waals surface area contributed by atoms with E-state index in [2.05, 4.69) is 10.3 Å². The Bertz CT molecular complexity index is 1230. The molecule has 0 saturated carbocycles. The monoisotopic (exact) mass is 459 g/mol. The topological polar surface area (TPSA) is 121 Å². The summed E-state index contributed by atoms with van der Waals surface area (Å²) in [6.45, 7) is 3.50. The minimum Gasteiger partial charge on any atom is -0.465 e. The van der Waals surface area contributed by atoms with Gasteiger partial charge in [0.15, 0.2) is 0 Å². The molecule has 1 aliphatic carbocycles. The summed E-state index contributed by atoms with van der Waals surface area (Å²) in [6.07, 6.45) is 2.96. The van der Waals surface area contributed by atoms with Crippen molar-refractivity contribution < 1.29 is 23.9 Å². The standard InChI is InChI=1S/C21H21N3O5S2/c1-4-29-21(27)15-9(2)13(20(26)28-3)19(30-15)24-17(25)16-14(22)11-8-10-6-5-7-12(10)23-18(11)31-16/h8H,4-7,22H2,1-3H3,(H,24,25). The Morgan fingerprint density at radius 3 is 2.68 bits per heavy atom. The third-order valence-electron chi connectivity index (χ3n) is 5.18. The van der Waals surface area contributed by atoms with Crippen molar-refractivity contribution in [2.45, 2.75) is 33.1 Å². The van der Waals surface area contributed by atoms with E-state index in [4.69, 9.17) is 15.2 Å². The Morgan fingerprint density at radius 2 is 1.97 bits per heavy atom. The molecule has 10 heteroatoms. The molecule has 1 aliphatic rings. The van der Waals surface area contributed by atoms with Crippen LogP contribution in [-0.4, -0.2) is 36.5 Å². The van der Waals surface area contributed by atoms with Crippen LogP contribution in [0.3, 0.4) is 0 Å². The number of esters is 2. The third kappa shape index (κ3) is 3.66. The van der Waals surface area contributed by atoms with Crippen molar-refractivity contribution in [2.24, 2.45) is 0 Å². The molecule has 0 radical (unpaired) electrons. The maximum atomic E-state index is 13.1. The minimum absolute atomic E-state index is 0.126. The maximum Gasteiger partial charge on any atom is 0.348 e. The van der Waals surface area contributed by atoms with Gasteiger partial charge in [-0.3, -0.25) is 4.79 Å². The van der Waals surface area contributed by atoms with Crippen LogP contribution in [0.5, 0.6) is 0 Å². The van der Waals surface area contributed by atoms with Crippen molar-refractivity contribution in [3.8, 4) is 0 Å². The molecule has 0 unspecified atom stereocenters. The van der Waals surface area contributed by atoms with Crippen molar-refractivity contribution in [1.82, 2.24) is 4.98 Å². The average Bonchev–Trinajstić information content (AvgIpc) is 3.42. The lowest BCUT2D eigenvalue weighted by molar-refractivity contribution is 0.0531. The van der Waals surface area contributed by atoms with E-state index in [1.165, 1.54) is 24.0 Å². The molecule has 3 N–H and O–H groups in total. The molecule has 8 nitrogen and oxygen atoms in total. The zero-order valence-electron chi connectivity index (χ0n) is 17.3. The van der Waals surface area contributed by atoms with E-state index in [9.17, 15) is 14.4 Å². The fourth-order valence-electron chi connectivity index (χ4n) is 3.67. The van der Waals surface area contributed by atoms with Crippen LogP contribution in [0.25, 0.3) is 10.2 Å². The zero-order valence-corrected chi connectivity index (χ0v) is 18.9. The number of nitrogen functional groups attached to an aromatic ring is 1. The van der Waals surface area contributed by atoms with Gasteiger partial charge in [-0.1, -0.05) is 0 Å². The van der Waals surface area contributed by atoms with Crippen molar-refractivity contribution in [3.05, 3.63) is 38.2 Å². The van der Waals surface area contributed by atoms with Gasteiger partial charge in [-0.05, 0) is 50.3 Å². The number of ether oxygens (including phenoxy) is 2. The first-order valence-corrected chi connectivity index (χ1v) is 11.4. The number of fused-ring (bicyclic) bond motifs is 2. The molecule has 4 rings (SSSR count). The van der Waals surface area contributed by atoms with E-state index in [1.54, 1.807) is 13.8 Å². The molecule has 3 aromatic heterocycles. The number of carbonyl (C=O) groups excluding carboxylic acids is 3. The number of hydrogen-bond acceptors (Lipinski definition) is 9. The number of methoxy groups -OCH3 is 1. The molecule has 3 heterocycles. The summed E-state index contributed by atoms with van der Waals surface area (Å²) in [5, 5.41) is 3.71. The summed E-state index contributed by atoms with van der Waals surface area (Å²) in [7, 11) is 1.24.